The van der Waals surface area contributed by atoms with Gasteiger partial charge in [-0.2, -0.15) is 10.5 Å². The van der Waals surface area contributed by atoms with Crippen LogP contribution in [0.4, 0.5) is 0 Å². The molecule has 0 aliphatic carbocycles. The molecule has 0 bridgehead atoms. The van der Waals surface area contributed by atoms with Crippen molar-refractivity contribution in [1.29, 1.82) is 10.5 Å². The number of hydrogen-bond acceptors (Lipinski definition) is 3. The maximum atomic E-state index is 8.75. The molecule has 0 saturated carbocycles. The fourth-order valence-corrected chi connectivity index (χ4v) is 2.48. The maximum Gasteiger partial charge on any atom is 0.138 e. The summed E-state index contributed by atoms with van der Waals surface area (Å²) in [4.78, 5) is 0. The van der Waals surface area contributed by atoms with Crippen LogP contribution in [0.2, 0.25) is 15.1 Å². The fourth-order valence-electron chi connectivity index (χ4n) is 1.77. The Morgan fingerprint density at radius 3 is 2.35 bits per heavy atom. The second-order valence-corrected chi connectivity index (χ2v) is 5.75. The number of ether oxygens (including phenoxy) is 1. The molecular weight excluding hydrogens is 355 g/mol. The number of benzene rings is 2. The van der Waals surface area contributed by atoms with Gasteiger partial charge in [0.25, 0.3) is 0 Å². The smallest absolute Gasteiger partial charge is 0.138 e. The molecule has 23 heavy (non-hydrogen) atoms. The SMILES string of the molecule is N#CC(C#N)=Cc1ccc(OCc2ccc(Cl)cc2Cl)c(Cl)c1. The molecule has 0 amide bonds. The molecule has 0 radical (unpaired) electrons. The number of nitriles is 2. The molecule has 0 aliphatic rings. The molecule has 114 valence electrons. The summed E-state index contributed by atoms with van der Waals surface area (Å²) in [6.07, 6.45) is 1.45. The van der Waals surface area contributed by atoms with Gasteiger partial charge < -0.3 is 4.74 Å². The molecule has 0 fully saturated rings. The van der Waals surface area contributed by atoms with Crippen LogP contribution in [0.1, 0.15) is 11.1 Å². The van der Waals surface area contributed by atoms with E-state index in [9.17, 15) is 0 Å². The first-order valence-electron chi connectivity index (χ1n) is 6.41. The van der Waals surface area contributed by atoms with Gasteiger partial charge in [-0.05, 0) is 35.9 Å². The molecule has 2 rings (SSSR count). The quantitative estimate of drug-likeness (QED) is 0.659. The third-order valence-corrected chi connectivity index (χ3v) is 3.79. The first-order valence-corrected chi connectivity index (χ1v) is 7.55. The highest BCUT2D eigenvalue weighted by molar-refractivity contribution is 6.35. The zero-order chi connectivity index (χ0) is 16.8. The van der Waals surface area contributed by atoms with Crippen LogP contribution in [-0.2, 0) is 6.61 Å². The molecule has 0 aliphatic heterocycles. The van der Waals surface area contributed by atoms with Gasteiger partial charge in [-0.25, -0.2) is 0 Å². The molecule has 0 atom stereocenters. The summed E-state index contributed by atoms with van der Waals surface area (Å²) < 4.78 is 5.65. The summed E-state index contributed by atoms with van der Waals surface area (Å²) in [6, 6.07) is 13.7. The molecular formula is C17H9Cl3N2O. The minimum atomic E-state index is 0.00248. The summed E-state index contributed by atoms with van der Waals surface area (Å²) in [5.41, 5.74) is 1.43. The predicted octanol–water partition coefficient (Wildman–Crippen LogP) is 5.66. The van der Waals surface area contributed by atoms with Crippen LogP contribution in [0.5, 0.6) is 5.75 Å². The minimum absolute atomic E-state index is 0.00248. The van der Waals surface area contributed by atoms with Gasteiger partial charge in [-0.3, -0.25) is 0 Å². The Bertz CT molecular complexity index is 832. The Balaban J connectivity index is 2.15. The highest BCUT2D eigenvalue weighted by Gasteiger charge is 2.06. The summed E-state index contributed by atoms with van der Waals surface area (Å²) in [7, 11) is 0. The Morgan fingerprint density at radius 2 is 1.74 bits per heavy atom. The largest absolute Gasteiger partial charge is 0.487 e. The molecule has 0 spiro atoms. The Labute approximate surface area is 148 Å². The molecule has 0 aromatic heterocycles. The van der Waals surface area contributed by atoms with E-state index in [2.05, 4.69) is 0 Å². The van der Waals surface area contributed by atoms with Crippen molar-refractivity contribution in [3.05, 3.63) is 68.2 Å². The number of rotatable bonds is 4. The van der Waals surface area contributed by atoms with Crippen molar-refractivity contribution in [2.24, 2.45) is 0 Å². The normalized spacial score (nSPS) is 9.61. The summed E-state index contributed by atoms with van der Waals surface area (Å²) in [5.74, 6) is 0.477. The van der Waals surface area contributed by atoms with Crippen molar-refractivity contribution in [3.63, 3.8) is 0 Å². The van der Waals surface area contributed by atoms with Gasteiger partial charge in [0.15, 0.2) is 0 Å². The highest BCUT2D eigenvalue weighted by Crippen LogP contribution is 2.28. The first-order chi connectivity index (χ1) is 11.0. The zero-order valence-corrected chi connectivity index (χ0v) is 14.0. The lowest BCUT2D eigenvalue weighted by molar-refractivity contribution is 0.306. The average molecular weight is 364 g/mol. The maximum absolute atomic E-state index is 8.75. The molecule has 2 aromatic carbocycles. The van der Waals surface area contributed by atoms with Gasteiger partial charge in [0, 0.05) is 15.6 Å². The van der Waals surface area contributed by atoms with Crippen molar-refractivity contribution in [2.45, 2.75) is 6.61 Å². The first kappa shape index (κ1) is 17.2. The summed E-state index contributed by atoms with van der Waals surface area (Å²) in [6.45, 7) is 0.243. The second-order valence-electron chi connectivity index (χ2n) is 4.50. The minimum Gasteiger partial charge on any atom is -0.487 e. The van der Waals surface area contributed by atoms with Crippen LogP contribution in [0.25, 0.3) is 6.08 Å². The lowest BCUT2D eigenvalue weighted by Gasteiger charge is -2.10. The van der Waals surface area contributed by atoms with E-state index in [4.69, 9.17) is 50.1 Å². The van der Waals surface area contributed by atoms with Crippen molar-refractivity contribution >= 4 is 40.9 Å². The van der Waals surface area contributed by atoms with Crippen LogP contribution in [0.3, 0.4) is 0 Å². The van der Waals surface area contributed by atoms with Gasteiger partial charge in [0.2, 0.25) is 0 Å². The fraction of sp³-hybridized carbons (Fsp3) is 0.0588. The molecule has 3 nitrogen and oxygen atoms in total. The Morgan fingerprint density at radius 1 is 1.00 bits per heavy atom. The van der Waals surface area contributed by atoms with Crippen molar-refractivity contribution in [2.75, 3.05) is 0 Å². The van der Waals surface area contributed by atoms with E-state index >= 15 is 0 Å². The van der Waals surface area contributed by atoms with Gasteiger partial charge in [0.1, 0.15) is 30.1 Å². The topological polar surface area (TPSA) is 56.8 Å². The Hall–Kier alpha value is -2.17. The number of allylic oxidation sites excluding steroid dienone is 1. The predicted molar refractivity (Wildman–Crippen MR) is 91.4 cm³/mol. The molecule has 0 unspecified atom stereocenters. The van der Waals surface area contributed by atoms with E-state index in [1.807, 2.05) is 0 Å². The average Bonchev–Trinajstić information content (AvgIpc) is 2.53. The number of halogens is 3. The van der Waals surface area contributed by atoms with Crippen LogP contribution in [0.15, 0.2) is 42.0 Å². The molecule has 2 aromatic rings. The third kappa shape index (κ3) is 4.65. The van der Waals surface area contributed by atoms with E-state index < -0.39 is 0 Å². The van der Waals surface area contributed by atoms with Gasteiger partial charge in [-0.1, -0.05) is 46.9 Å². The van der Waals surface area contributed by atoms with Gasteiger partial charge >= 0.3 is 0 Å². The number of nitrogens with zero attached hydrogens (tertiary/aromatic N) is 2. The second kappa shape index (κ2) is 7.90. The van der Waals surface area contributed by atoms with Crippen LogP contribution >= 0.6 is 34.8 Å². The van der Waals surface area contributed by atoms with Gasteiger partial charge in [0.05, 0.1) is 5.02 Å². The molecule has 6 heteroatoms. The lowest BCUT2D eigenvalue weighted by atomic mass is 10.1. The Kier molecular flexibility index (Phi) is 5.90. The van der Waals surface area contributed by atoms with E-state index in [0.717, 1.165) is 5.56 Å². The van der Waals surface area contributed by atoms with Crippen LogP contribution in [-0.4, -0.2) is 0 Å². The summed E-state index contributed by atoms with van der Waals surface area (Å²) >= 11 is 18.1. The van der Waals surface area contributed by atoms with Crippen molar-refractivity contribution in [3.8, 4) is 17.9 Å². The highest BCUT2D eigenvalue weighted by atomic mass is 35.5. The standard InChI is InChI=1S/C17H9Cl3N2O/c18-14-3-2-13(15(19)7-14)10-23-17-4-1-11(6-16(17)20)5-12(8-21)9-22/h1-7H,10H2. The lowest BCUT2D eigenvalue weighted by Crippen LogP contribution is -1.97. The van der Waals surface area contributed by atoms with Gasteiger partial charge in [-0.15, -0.1) is 0 Å². The van der Waals surface area contributed by atoms with E-state index in [1.165, 1.54) is 6.08 Å². The van der Waals surface area contributed by atoms with Crippen LogP contribution < -0.4 is 4.74 Å². The van der Waals surface area contributed by atoms with E-state index in [0.29, 0.717) is 26.4 Å². The zero-order valence-electron chi connectivity index (χ0n) is 11.7. The van der Waals surface area contributed by atoms with Crippen molar-refractivity contribution in [1.82, 2.24) is 0 Å². The monoisotopic (exact) mass is 362 g/mol. The number of hydrogen-bond donors (Lipinski definition) is 0. The van der Waals surface area contributed by atoms with Crippen molar-refractivity contribution < 1.29 is 4.74 Å². The van der Waals surface area contributed by atoms with Crippen LogP contribution in [0, 0.1) is 22.7 Å². The van der Waals surface area contributed by atoms with E-state index in [-0.39, 0.29) is 12.2 Å². The summed E-state index contributed by atoms with van der Waals surface area (Å²) in [5, 5.41) is 18.9. The molecule has 0 saturated heterocycles. The van der Waals surface area contributed by atoms with E-state index in [1.54, 1.807) is 48.5 Å². The third-order valence-electron chi connectivity index (χ3n) is 2.91. The molecule has 0 N–H and O–H groups in total. The molecule has 0 heterocycles.